The van der Waals surface area contributed by atoms with Crippen molar-refractivity contribution in [1.82, 2.24) is 0 Å². The molecule has 1 heterocycles. The van der Waals surface area contributed by atoms with Crippen LogP contribution in [0.15, 0.2) is 108 Å². The van der Waals surface area contributed by atoms with Gasteiger partial charge in [0.2, 0.25) is 0 Å². The van der Waals surface area contributed by atoms with Crippen molar-refractivity contribution in [3.05, 3.63) is 137 Å². The summed E-state index contributed by atoms with van der Waals surface area (Å²) >= 11 is 0. The van der Waals surface area contributed by atoms with E-state index in [0.717, 1.165) is 23.4 Å². The van der Waals surface area contributed by atoms with Gasteiger partial charge in [0.1, 0.15) is 12.4 Å². The van der Waals surface area contributed by atoms with E-state index in [0.29, 0.717) is 24.5 Å². The van der Waals surface area contributed by atoms with Gasteiger partial charge in [0.05, 0.1) is 11.7 Å². The molecule has 0 saturated heterocycles. The number of anilines is 1. The Kier molecular flexibility index (Phi) is 6.36. The average molecular weight is 485 g/mol. The largest absolute Gasteiger partial charge is 0.489 e. The number of aliphatic imine (C=N–C) groups is 1. The predicted octanol–water partition coefficient (Wildman–Crippen LogP) is 8.46. The van der Waals surface area contributed by atoms with Crippen LogP contribution in [0, 0.1) is 19.8 Å². The van der Waals surface area contributed by atoms with Crippen LogP contribution >= 0.6 is 0 Å². The summed E-state index contributed by atoms with van der Waals surface area (Å²) in [5, 5.41) is 3.80. The molecule has 0 spiro atoms. The topological polar surface area (TPSA) is 33.6 Å². The van der Waals surface area contributed by atoms with Gasteiger partial charge in [0.25, 0.3) is 0 Å². The van der Waals surface area contributed by atoms with E-state index in [2.05, 4.69) is 98.0 Å². The minimum Gasteiger partial charge on any atom is -0.489 e. The Hall–Kier alpha value is -4.11. The zero-order chi connectivity index (χ0) is 25.2. The summed E-state index contributed by atoms with van der Waals surface area (Å²) in [6.07, 6.45) is 7.75. The summed E-state index contributed by atoms with van der Waals surface area (Å²) < 4.78 is 5.99. The molecule has 1 aliphatic carbocycles. The summed E-state index contributed by atoms with van der Waals surface area (Å²) in [4.78, 5) is 4.71. The lowest BCUT2D eigenvalue weighted by atomic mass is 9.77. The minimum absolute atomic E-state index is 0.309. The number of para-hydroxylation sites is 1. The van der Waals surface area contributed by atoms with E-state index >= 15 is 0 Å². The first kappa shape index (κ1) is 23.3. The van der Waals surface area contributed by atoms with Gasteiger partial charge in [-0.3, -0.25) is 4.99 Å². The highest BCUT2D eigenvalue weighted by molar-refractivity contribution is 5.82. The second kappa shape index (κ2) is 10.1. The maximum atomic E-state index is 5.99. The molecular weight excluding hydrogens is 452 g/mol. The normalized spacial score (nSPS) is 19.9. The monoisotopic (exact) mass is 484 g/mol. The number of hydrogen-bond acceptors (Lipinski definition) is 3. The molecule has 0 amide bonds. The van der Waals surface area contributed by atoms with E-state index in [1.54, 1.807) is 0 Å². The lowest BCUT2D eigenvalue weighted by Gasteiger charge is -2.37. The number of aryl methyl sites for hydroxylation is 2. The highest BCUT2D eigenvalue weighted by Crippen LogP contribution is 2.49. The van der Waals surface area contributed by atoms with Crippen LogP contribution in [0.1, 0.15) is 51.8 Å². The Balaban J connectivity index is 1.10. The van der Waals surface area contributed by atoms with Crippen molar-refractivity contribution in [2.45, 2.75) is 38.8 Å². The average Bonchev–Trinajstić information content (AvgIpc) is 3.41. The number of hydrogen-bond donors (Lipinski definition) is 1. The smallest absolute Gasteiger partial charge is 0.119 e. The second-order valence-corrected chi connectivity index (χ2v) is 10.3. The van der Waals surface area contributed by atoms with E-state index in [1.165, 1.54) is 33.5 Å². The van der Waals surface area contributed by atoms with Gasteiger partial charge in [-0.2, -0.15) is 0 Å². The molecular formula is C34H32N2O. The van der Waals surface area contributed by atoms with Gasteiger partial charge in [-0.05, 0) is 90.9 Å². The first-order chi connectivity index (χ1) is 18.1. The number of benzene rings is 4. The van der Waals surface area contributed by atoms with Crippen LogP contribution in [0.25, 0.3) is 0 Å². The fraction of sp³-hybridized carbons (Fsp3) is 0.206. The molecule has 0 bridgehead atoms. The van der Waals surface area contributed by atoms with E-state index in [4.69, 9.17) is 9.73 Å². The molecule has 0 radical (unpaired) electrons. The van der Waals surface area contributed by atoms with Gasteiger partial charge in [-0.25, -0.2) is 0 Å². The quantitative estimate of drug-likeness (QED) is 0.220. The van der Waals surface area contributed by atoms with Crippen LogP contribution in [-0.4, -0.2) is 6.21 Å². The van der Waals surface area contributed by atoms with Crippen LogP contribution in [0.4, 0.5) is 11.4 Å². The Morgan fingerprint density at radius 3 is 2.43 bits per heavy atom. The third-order valence-electron chi connectivity index (χ3n) is 7.45. The molecule has 0 saturated carbocycles. The Morgan fingerprint density at radius 2 is 1.65 bits per heavy atom. The van der Waals surface area contributed by atoms with Crippen LogP contribution < -0.4 is 10.1 Å². The van der Waals surface area contributed by atoms with Crippen molar-refractivity contribution < 1.29 is 4.74 Å². The van der Waals surface area contributed by atoms with E-state index in [9.17, 15) is 0 Å². The second-order valence-electron chi connectivity index (χ2n) is 10.3. The summed E-state index contributed by atoms with van der Waals surface area (Å²) in [7, 11) is 0. The van der Waals surface area contributed by atoms with Crippen LogP contribution in [0.5, 0.6) is 5.75 Å². The molecule has 0 fully saturated rings. The first-order valence-electron chi connectivity index (χ1n) is 13.1. The van der Waals surface area contributed by atoms with E-state index in [1.807, 2.05) is 30.5 Å². The molecule has 37 heavy (non-hydrogen) atoms. The van der Waals surface area contributed by atoms with Crippen molar-refractivity contribution in [1.29, 1.82) is 0 Å². The molecule has 1 N–H and O–H groups in total. The molecule has 3 nitrogen and oxygen atoms in total. The number of nitrogens with one attached hydrogen (secondary N) is 1. The SMILES string of the molecule is Cc1cc(C)cc(COc2ccc(C=Nc3ccc([C@@H]4Nc5ccccc5[C@@H]5C=CC[C@@H]54)cc3)cc2)c1. The zero-order valence-electron chi connectivity index (χ0n) is 21.4. The summed E-state index contributed by atoms with van der Waals surface area (Å²) in [5.74, 6) is 1.91. The maximum absolute atomic E-state index is 5.99. The molecule has 1 aliphatic heterocycles. The van der Waals surface area contributed by atoms with Crippen molar-refractivity contribution in [3.8, 4) is 5.75 Å². The standard InChI is InChI=1S/C34H32N2O/c1-23-18-24(2)20-26(19-23)22-37-29-16-10-25(11-17-29)21-35-28-14-12-27(13-15-28)34-32-8-5-7-30(32)31-6-3-4-9-33(31)36-34/h3-7,9-21,30,32,34,36H,8,22H2,1-2H3/t30-,32-,34-/m0/s1. The third-order valence-corrected chi connectivity index (χ3v) is 7.45. The first-order valence-corrected chi connectivity index (χ1v) is 13.1. The fourth-order valence-electron chi connectivity index (χ4n) is 5.76. The van der Waals surface area contributed by atoms with Crippen LogP contribution in [0.2, 0.25) is 0 Å². The highest BCUT2D eigenvalue weighted by atomic mass is 16.5. The van der Waals surface area contributed by atoms with Gasteiger partial charge in [0.15, 0.2) is 0 Å². The van der Waals surface area contributed by atoms with Crippen molar-refractivity contribution in [2.75, 3.05) is 5.32 Å². The molecule has 6 rings (SSSR count). The highest BCUT2D eigenvalue weighted by Gasteiger charge is 2.37. The molecule has 3 atom stereocenters. The molecule has 0 unspecified atom stereocenters. The molecule has 184 valence electrons. The molecule has 0 aromatic heterocycles. The van der Waals surface area contributed by atoms with Crippen LogP contribution in [0.3, 0.4) is 0 Å². The number of allylic oxidation sites excluding steroid dienone is 2. The molecule has 4 aromatic rings. The van der Waals surface area contributed by atoms with E-state index in [-0.39, 0.29) is 0 Å². The summed E-state index contributed by atoms with van der Waals surface area (Å²) in [5.41, 5.74) is 9.71. The Morgan fingerprint density at radius 1 is 0.892 bits per heavy atom. The Labute approximate surface area is 219 Å². The minimum atomic E-state index is 0.309. The number of fused-ring (bicyclic) bond motifs is 3. The number of rotatable bonds is 6. The maximum Gasteiger partial charge on any atom is 0.119 e. The van der Waals surface area contributed by atoms with Crippen molar-refractivity contribution in [3.63, 3.8) is 0 Å². The zero-order valence-corrected chi connectivity index (χ0v) is 21.4. The number of nitrogens with zero attached hydrogens (tertiary/aromatic N) is 1. The molecule has 2 aliphatic rings. The van der Waals surface area contributed by atoms with Crippen molar-refractivity contribution >= 4 is 17.6 Å². The predicted molar refractivity (Wildman–Crippen MR) is 153 cm³/mol. The van der Waals surface area contributed by atoms with Gasteiger partial charge < -0.3 is 10.1 Å². The Bertz CT molecular complexity index is 1430. The van der Waals surface area contributed by atoms with Crippen LogP contribution in [-0.2, 0) is 6.61 Å². The van der Waals surface area contributed by atoms with Gasteiger partial charge in [-0.15, -0.1) is 0 Å². The lowest BCUT2D eigenvalue weighted by molar-refractivity contribution is 0.306. The van der Waals surface area contributed by atoms with Gasteiger partial charge in [-0.1, -0.05) is 71.8 Å². The van der Waals surface area contributed by atoms with Gasteiger partial charge >= 0.3 is 0 Å². The number of ether oxygens (including phenoxy) is 1. The summed E-state index contributed by atoms with van der Waals surface area (Å²) in [6.45, 7) is 4.81. The molecule has 4 aromatic carbocycles. The van der Waals surface area contributed by atoms with Gasteiger partial charge in [0, 0.05) is 17.8 Å². The summed E-state index contributed by atoms with van der Waals surface area (Å²) in [6, 6.07) is 32.3. The lowest BCUT2D eigenvalue weighted by Crippen LogP contribution is -2.28. The third kappa shape index (κ3) is 5.08. The van der Waals surface area contributed by atoms with E-state index < -0.39 is 0 Å². The fourth-order valence-corrected chi connectivity index (χ4v) is 5.76. The molecule has 3 heteroatoms. The van der Waals surface area contributed by atoms with Crippen molar-refractivity contribution in [2.24, 2.45) is 10.9 Å².